The number of aliphatic hydroxyl groups excluding tert-OH is 1. The maximum atomic E-state index is 11.5. The number of rotatable bonds is 5. The minimum Gasteiger partial charge on any atom is -0.618 e. The van der Waals surface area contributed by atoms with E-state index < -0.39 is 12.0 Å². The second-order valence-electron chi connectivity index (χ2n) is 3.52. The number of hydrogen-bond acceptors (Lipinski definition) is 3. The summed E-state index contributed by atoms with van der Waals surface area (Å²) in [4.78, 5) is 11.5. The number of hydrogen-bond donors (Lipinski definition) is 2. The number of carbonyl (C=O) groups excluding carboxylic acids is 1. The monoisotopic (exact) mass is 224 g/mol. The Hall–Kier alpha value is -1.62. The smallest absolute Gasteiger partial charge is 0.317 e. The summed E-state index contributed by atoms with van der Waals surface area (Å²) in [5, 5.41) is 23.1. The van der Waals surface area contributed by atoms with Gasteiger partial charge in [0.1, 0.15) is 0 Å². The molecule has 2 N–H and O–H groups in total. The molecule has 1 aromatic rings. The fourth-order valence-electron chi connectivity index (χ4n) is 1.25. The van der Waals surface area contributed by atoms with Crippen LogP contribution in [0.2, 0.25) is 0 Å². The van der Waals surface area contributed by atoms with Gasteiger partial charge < -0.3 is 15.6 Å². The van der Waals surface area contributed by atoms with Crippen LogP contribution in [0.1, 0.15) is 30.3 Å². The Morgan fingerprint density at radius 2 is 2.38 bits per heavy atom. The Labute approximate surface area is 94.3 Å². The van der Waals surface area contributed by atoms with Crippen molar-refractivity contribution in [1.82, 2.24) is 5.32 Å². The summed E-state index contributed by atoms with van der Waals surface area (Å²) in [5.41, 5.74) is 0.0634. The number of aromatic nitrogens is 1. The second-order valence-corrected chi connectivity index (χ2v) is 3.52. The highest BCUT2D eigenvalue weighted by Gasteiger charge is 2.14. The van der Waals surface area contributed by atoms with Gasteiger partial charge in [0, 0.05) is 18.7 Å². The van der Waals surface area contributed by atoms with Gasteiger partial charge in [0.2, 0.25) is 0 Å². The summed E-state index contributed by atoms with van der Waals surface area (Å²) in [6.45, 7) is 2.23. The minimum atomic E-state index is -0.418. The van der Waals surface area contributed by atoms with E-state index in [0.717, 1.165) is 0 Å². The molecule has 5 nitrogen and oxygen atoms in total. The van der Waals surface area contributed by atoms with Gasteiger partial charge in [-0.1, -0.05) is 6.92 Å². The van der Waals surface area contributed by atoms with Gasteiger partial charge in [-0.05, 0) is 18.9 Å². The van der Waals surface area contributed by atoms with Crippen LogP contribution in [0, 0.1) is 5.21 Å². The molecule has 1 amide bonds. The highest BCUT2D eigenvalue weighted by molar-refractivity contribution is 5.90. The quantitative estimate of drug-likeness (QED) is 0.554. The van der Waals surface area contributed by atoms with E-state index in [1.54, 1.807) is 12.1 Å². The first-order chi connectivity index (χ1) is 7.65. The fraction of sp³-hybridized carbons (Fsp3) is 0.455. The lowest BCUT2D eigenvalue weighted by molar-refractivity contribution is -0.607. The van der Waals surface area contributed by atoms with Crippen LogP contribution in [-0.2, 0) is 0 Å². The second kappa shape index (κ2) is 6.07. The Kier molecular flexibility index (Phi) is 4.72. The Bertz CT molecular complexity index is 355. The molecule has 0 aromatic carbocycles. The van der Waals surface area contributed by atoms with Gasteiger partial charge in [-0.25, -0.2) is 0 Å². The van der Waals surface area contributed by atoms with Gasteiger partial charge in [-0.2, -0.15) is 4.73 Å². The lowest BCUT2D eigenvalue weighted by Gasteiger charge is -2.08. The first kappa shape index (κ1) is 12.4. The van der Waals surface area contributed by atoms with Crippen LogP contribution in [-0.4, -0.2) is 23.7 Å². The SMILES string of the molecule is CCC(O)CCNC(=O)c1cccc[n+]1[O-]. The maximum Gasteiger partial charge on any atom is 0.317 e. The van der Waals surface area contributed by atoms with Crippen LogP contribution in [0.15, 0.2) is 24.4 Å². The number of aliphatic hydroxyl groups is 1. The molecule has 1 unspecified atom stereocenters. The number of amides is 1. The molecule has 0 aliphatic rings. The van der Waals surface area contributed by atoms with E-state index >= 15 is 0 Å². The molecule has 0 radical (unpaired) electrons. The molecular weight excluding hydrogens is 208 g/mol. The summed E-state index contributed by atoms with van der Waals surface area (Å²) >= 11 is 0. The first-order valence-electron chi connectivity index (χ1n) is 5.29. The summed E-state index contributed by atoms with van der Waals surface area (Å²) in [6.07, 6.45) is 2.02. The molecule has 16 heavy (non-hydrogen) atoms. The van der Waals surface area contributed by atoms with Gasteiger partial charge in [-0.3, -0.25) is 4.79 Å². The molecule has 5 heteroatoms. The van der Waals surface area contributed by atoms with E-state index in [9.17, 15) is 15.1 Å². The van der Waals surface area contributed by atoms with E-state index in [4.69, 9.17) is 0 Å². The van der Waals surface area contributed by atoms with Gasteiger partial charge in [-0.15, -0.1) is 0 Å². The highest BCUT2D eigenvalue weighted by Crippen LogP contribution is 1.95. The van der Waals surface area contributed by atoms with Crippen LogP contribution in [0.4, 0.5) is 0 Å². The lowest BCUT2D eigenvalue weighted by Crippen LogP contribution is -2.39. The maximum absolute atomic E-state index is 11.5. The van der Waals surface area contributed by atoms with Gasteiger partial charge in [0.05, 0.1) is 6.10 Å². The standard InChI is InChI=1S/C11H16N2O3/c1-2-9(14)6-7-12-11(15)10-5-3-4-8-13(10)16/h3-5,8-9,14H,2,6-7H2,1H3,(H,12,15). The fourth-order valence-corrected chi connectivity index (χ4v) is 1.25. The molecule has 1 aromatic heterocycles. The normalized spacial score (nSPS) is 12.1. The predicted octanol–water partition coefficient (Wildman–Crippen LogP) is 0.211. The van der Waals surface area contributed by atoms with Crippen LogP contribution >= 0.6 is 0 Å². The zero-order valence-electron chi connectivity index (χ0n) is 9.22. The Balaban J connectivity index is 2.44. The van der Waals surface area contributed by atoms with Crippen LogP contribution in [0.3, 0.4) is 0 Å². The average Bonchev–Trinajstić information content (AvgIpc) is 2.29. The summed E-state index contributed by atoms with van der Waals surface area (Å²) < 4.78 is 0.519. The first-order valence-corrected chi connectivity index (χ1v) is 5.29. The Morgan fingerprint density at radius 1 is 1.62 bits per heavy atom. The number of nitrogens with one attached hydrogen (secondary N) is 1. The summed E-state index contributed by atoms with van der Waals surface area (Å²) in [5.74, 6) is -0.418. The molecule has 0 aliphatic carbocycles. The molecule has 0 spiro atoms. The van der Waals surface area contributed by atoms with Crippen molar-refractivity contribution in [1.29, 1.82) is 0 Å². The molecule has 0 bridgehead atoms. The molecule has 1 heterocycles. The van der Waals surface area contributed by atoms with E-state index in [1.165, 1.54) is 12.3 Å². The van der Waals surface area contributed by atoms with Crippen molar-refractivity contribution in [2.75, 3.05) is 6.54 Å². The topological polar surface area (TPSA) is 76.3 Å². The predicted molar refractivity (Wildman–Crippen MR) is 58.7 cm³/mol. The molecule has 0 saturated heterocycles. The van der Waals surface area contributed by atoms with Crippen LogP contribution in [0.25, 0.3) is 0 Å². The van der Waals surface area contributed by atoms with Crippen molar-refractivity contribution in [3.8, 4) is 0 Å². The van der Waals surface area contributed by atoms with Crippen molar-refractivity contribution in [3.05, 3.63) is 35.3 Å². The lowest BCUT2D eigenvalue weighted by atomic mass is 10.2. The van der Waals surface area contributed by atoms with Crippen molar-refractivity contribution in [2.45, 2.75) is 25.9 Å². The average molecular weight is 224 g/mol. The molecule has 88 valence electrons. The number of nitrogens with zero attached hydrogens (tertiary/aromatic N) is 1. The van der Waals surface area contributed by atoms with Crippen molar-refractivity contribution in [3.63, 3.8) is 0 Å². The zero-order chi connectivity index (χ0) is 12.0. The van der Waals surface area contributed by atoms with E-state index in [2.05, 4.69) is 5.32 Å². The van der Waals surface area contributed by atoms with Crippen molar-refractivity contribution in [2.24, 2.45) is 0 Å². The molecule has 0 saturated carbocycles. The molecule has 0 fully saturated rings. The molecule has 1 rings (SSSR count). The minimum absolute atomic E-state index is 0.0634. The van der Waals surface area contributed by atoms with Gasteiger partial charge in [0.15, 0.2) is 6.20 Å². The number of pyridine rings is 1. The third-order valence-electron chi connectivity index (χ3n) is 2.29. The molecule has 0 aliphatic heterocycles. The van der Waals surface area contributed by atoms with E-state index in [-0.39, 0.29) is 5.69 Å². The van der Waals surface area contributed by atoms with Crippen molar-refractivity contribution >= 4 is 5.91 Å². The van der Waals surface area contributed by atoms with Crippen molar-refractivity contribution < 1.29 is 14.6 Å². The largest absolute Gasteiger partial charge is 0.618 e. The zero-order valence-corrected chi connectivity index (χ0v) is 9.22. The summed E-state index contributed by atoms with van der Waals surface area (Å²) in [7, 11) is 0. The van der Waals surface area contributed by atoms with E-state index in [1.807, 2.05) is 6.92 Å². The molecular formula is C11H16N2O3. The van der Waals surface area contributed by atoms with Gasteiger partial charge >= 0.3 is 5.91 Å². The summed E-state index contributed by atoms with van der Waals surface area (Å²) in [6, 6.07) is 4.65. The van der Waals surface area contributed by atoms with Crippen LogP contribution in [0.5, 0.6) is 0 Å². The highest BCUT2D eigenvalue weighted by atomic mass is 16.5. The Morgan fingerprint density at radius 3 is 3.00 bits per heavy atom. The third kappa shape index (κ3) is 3.51. The molecule has 1 atom stereocenters. The third-order valence-corrected chi connectivity index (χ3v) is 2.29. The number of carbonyl (C=O) groups is 1. The van der Waals surface area contributed by atoms with E-state index in [0.29, 0.717) is 24.1 Å². The van der Waals surface area contributed by atoms with Crippen LogP contribution < -0.4 is 10.0 Å². The van der Waals surface area contributed by atoms with Gasteiger partial charge in [0.25, 0.3) is 5.69 Å².